The van der Waals surface area contributed by atoms with Gasteiger partial charge in [0, 0.05) is 23.9 Å². The molecule has 30 heavy (non-hydrogen) atoms. The molecular weight excluding hydrogens is 382 g/mol. The molecular formula is C22H17N5O3. The van der Waals surface area contributed by atoms with Gasteiger partial charge in [0.15, 0.2) is 0 Å². The van der Waals surface area contributed by atoms with Crippen molar-refractivity contribution < 1.29 is 9.72 Å². The monoisotopic (exact) mass is 399 g/mol. The molecule has 0 saturated heterocycles. The van der Waals surface area contributed by atoms with Crippen molar-refractivity contribution in [3.63, 3.8) is 0 Å². The maximum Gasteiger partial charge on any atom is 0.270 e. The van der Waals surface area contributed by atoms with Gasteiger partial charge in [0.05, 0.1) is 10.6 Å². The smallest absolute Gasteiger partial charge is 0.270 e. The standard InChI is InChI=1S/C22H17N5O3/c1-15-5-9-18(10-6-15)26-24-20-11-8-17(14-21(20)25-26)23-22(28)12-7-16-3-2-4-19(13-16)27(29)30/h2-14H,1H3,(H,23,28)/b12-7-. The molecule has 0 atom stereocenters. The molecule has 4 rings (SSSR count). The van der Waals surface area contributed by atoms with Crippen LogP contribution in [0.2, 0.25) is 0 Å². The maximum atomic E-state index is 12.2. The van der Waals surface area contributed by atoms with Gasteiger partial charge in [-0.05, 0) is 48.9 Å². The molecule has 1 heterocycles. The number of nitro groups is 1. The van der Waals surface area contributed by atoms with Crippen molar-refractivity contribution >= 4 is 34.4 Å². The van der Waals surface area contributed by atoms with Crippen molar-refractivity contribution in [3.8, 4) is 5.69 Å². The van der Waals surface area contributed by atoms with Crippen LogP contribution in [0.3, 0.4) is 0 Å². The van der Waals surface area contributed by atoms with E-state index in [-0.39, 0.29) is 11.6 Å². The van der Waals surface area contributed by atoms with Crippen molar-refractivity contribution in [1.29, 1.82) is 0 Å². The predicted molar refractivity (Wildman–Crippen MR) is 114 cm³/mol. The highest BCUT2D eigenvalue weighted by molar-refractivity contribution is 6.02. The van der Waals surface area contributed by atoms with Crippen LogP contribution >= 0.6 is 0 Å². The Kier molecular flexibility index (Phi) is 5.04. The Hall–Kier alpha value is -4.33. The molecule has 8 heteroatoms. The normalized spacial score (nSPS) is 11.1. The van der Waals surface area contributed by atoms with Gasteiger partial charge in [-0.2, -0.15) is 4.80 Å². The molecule has 0 aliphatic rings. The Morgan fingerprint density at radius 1 is 1.03 bits per heavy atom. The van der Waals surface area contributed by atoms with E-state index in [9.17, 15) is 14.9 Å². The molecule has 3 aromatic carbocycles. The minimum atomic E-state index is -0.476. The molecule has 148 valence electrons. The van der Waals surface area contributed by atoms with E-state index in [1.165, 1.54) is 24.3 Å². The van der Waals surface area contributed by atoms with Crippen molar-refractivity contribution in [2.45, 2.75) is 6.92 Å². The number of nitro benzene ring substituents is 1. The van der Waals surface area contributed by atoms with Crippen molar-refractivity contribution in [2.24, 2.45) is 0 Å². The van der Waals surface area contributed by atoms with Crippen molar-refractivity contribution in [2.75, 3.05) is 5.32 Å². The lowest BCUT2D eigenvalue weighted by Crippen LogP contribution is -2.07. The highest BCUT2D eigenvalue weighted by Gasteiger charge is 2.07. The van der Waals surface area contributed by atoms with Crippen LogP contribution in [-0.2, 0) is 4.79 Å². The van der Waals surface area contributed by atoms with E-state index in [0.29, 0.717) is 22.3 Å². The van der Waals surface area contributed by atoms with Gasteiger partial charge in [-0.25, -0.2) is 0 Å². The van der Waals surface area contributed by atoms with Gasteiger partial charge in [-0.1, -0.05) is 29.8 Å². The molecule has 0 bridgehead atoms. The summed E-state index contributed by atoms with van der Waals surface area (Å²) in [5.41, 5.74) is 4.47. The lowest BCUT2D eigenvalue weighted by Gasteiger charge is -2.01. The highest BCUT2D eigenvalue weighted by atomic mass is 16.6. The van der Waals surface area contributed by atoms with Crippen LogP contribution in [0.15, 0.2) is 72.8 Å². The first-order valence-electron chi connectivity index (χ1n) is 9.16. The summed E-state index contributed by atoms with van der Waals surface area (Å²) in [5, 5.41) is 22.5. The number of nitrogens with one attached hydrogen (secondary N) is 1. The maximum absolute atomic E-state index is 12.2. The van der Waals surface area contributed by atoms with E-state index < -0.39 is 4.92 Å². The SMILES string of the molecule is Cc1ccc(-n2nc3ccc(NC(=O)/C=C\c4cccc([N+](=O)[O-])c4)cc3n2)cc1. The number of aryl methyl sites for hydroxylation is 1. The number of benzene rings is 3. The zero-order valence-corrected chi connectivity index (χ0v) is 16.0. The minimum absolute atomic E-state index is 0.0281. The third kappa shape index (κ3) is 4.22. The van der Waals surface area contributed by atoms with Crippen LogP contribution in [0.25, 0.3) is 22.8 Å². The predicted octanol–water partition coefficient (Wildman–Crippen LogP) is 4.29. The molecule has 1 amide bonds. The molecule has 4 aromatic rings. The Balaban J connectivity index is 1.49. The number of fused-ring (bicyclic) bond motifs is 1. The number of hydrogen-bond donors (Lipinski definition) is 1. The van der Waals surface area contributed by atoms with Crippen LogP contribution in [0.4, 0.5) is 11.4 Å². The lowest BCUT2D eigenvalue weighted by atomic mass is 10.2. The molecule has 8 nitrogen and oxygen atoms in total. The number of carbonyl (C=O) groups is 1. The summed E-state index contributed by atoms with van der Waals surface area (Å²) in [6, 6.07) is 19.2. The number of amides is 1. The van der Waals surface area contributed by atoms with Crippen LogP contribution in [0.5, 0.6) is 0 Å². The molecule has 0 aliphatic heterocycles. The second kappa shape index (κ2) is 7.96. The van der Waals surface area contributed by atoms with Crippen molar-refractivity contribution in [3.05, 3.63) is 94.0 Å². The summed E-state index contributed by atoms with van der Waals surface area (Å²) in [7, 11) is 0. The zero-order valence-electron chi connectivity index (χ0n) is 16.0. The lowest BCUT2D eigenvalue weighted by molar-refractivity contribution is -0.384. The second-order valence-corrected chi connectivity index (χ2v) is 6.70. The molecule has 0 unspecified atom stereocenters. The topological polar surface area (TPSA) is 103 Å². The van der Waals surface area contributed by atoms with Crippen LogP contribution in [0.1, 0.15) is 11.1 Å². The van der Waals surface area contributed by atoms with E-state index in [1.54, 1.807) is 35.1 Å². The third-order valence-electron chi connectivity index (χ3n) is 4.42. The summed E-state index contributed by atoms with van der Waals surface area (Å²) in [6.45, 7) is 2.01. The minimum Gasteiger partial charge on any atom is -0.322 e. The van der Waals surface area contributed by atoms with Gasteiger partial charge >= 0.3 is 0 Å². The largest absolute Gasteiger partial charge is 0.322 e. The molecule has 0 aliphatic carbocycles. The van der Waals surface area contributed by atoms with Crippen LogP contribution in [-0.4, -0.2) is 25.8 Å². The van der Waals surface area contributed by atoms with Gasteiger partial charge in [0.25, 0.3) is 5.69 Å². The third-order valence-corrected chi connectivity index (χ3v) is 4.42. The molecule has 0 saturated carbocycles. The van der Waals surface area contributed by atoms with Gasteiger partial charge < -0.3 is 5.32 Å². The number of non-ortho nitro benzene ring substituents is 1. The first-order chi connectivity index (χ1) is 14.5. The average molecular weight is 399 g/mol. The van der Waals surface area contributed by atoms with Gasteiger partial charge in [-0.15, -0.1) is 10.2 Å². The average Bonchev–Trinajstić information content (AvgIpc) is 3.16. The fourth-order valence-electron chi connectivity index (χ4n) is 2.88. The number of aromatic nitrogens is 3. The molecule has 0 spiro atoms. The Bertz CT molecular complexity index is 1280. The second-order valence-electron chi connectivity index (χ2n) is 6.70. The van der Waals surface area contributed by atoms with E-state index in [4.69, 9.17) is 0 Å². The first-order valence-corrected chi connectivity index (χ1v) is 9.16. The molecule has 1 aromatic heterocycles. The van der Waals surface area contributed by atoms with E-state index >= 15 is 0 Å². The van der Waals surface area contributed by atoms with Crippen LogP contribution in [0, 0.1) is 17.0 Å². The van der Waals surface area contributed by atoms with E-state index in [2.05, 4.69) is 15.5 Å². The first kappa shape index (κ1) is 19.0. The van der Waals surface area contributed by atoms with Crippen LogP contribution < -0.4 is 5.32 Å². The quantitative estimate of drug-likeness (QED) is 0.306. The van der Waals surface area contributed by atoms with E-state index in [1.807, 2.05) is 31.2 Å². The number of rotatable bonds is 5. The number of hydrogen-bond acceptors (Lipinski definition) is 5. The Morgan fingerprint density at radius 3 is 2.57 bits per heavy atom. The highest BCUT2D eigenvalue weighted by Crippen LogP contribution is 2.18. The van der Waals surface area contributed by atoms with Gasteiger partial charge in [0.2, 0.25) is 5.91 Å². The summed E-state index contributed by atoms with van der Waals surface area (Å²) in [4.78, 5) is 24.1. The molecule has 0 fully saturated rings. The summed E-state index contributed by atoms with van der Waals surface area (Å²) >= 11 is 0. The van der Waals surface area contributed by atoms with Gasteiger partial charge in [-0.3, -0.25) is 14.9 Å². The number of carbonyl (C=O) groups excluding carboxylic acids is 1. The van der Waals surface area contributed by atoms with E-state index in [0.717, 1.165) is 11.3 Å². The zero-order chi connectivity index (χ0) is 21.1. The molecule has 0 radical (unpaired) electrons. The Morgan fingerprint density at radius 2 is 1.80 bits per heavy atom. The molecule has 1 N–H and O–H groups in total. The summed E-state index contributed by atoms with van der Waals surface area (Å²) in [5.74, 6) is -0.355. The van der Waals surface area contributed by atoms with Gasteiger partial charge in [0.1, 0.15) is 11.0 Å². The summed E-state index contributed by atoms with van der Waals surface area (Å²) in [6.07, 6.45) is 2.85. The number of anilines is 1. The Labute approximate surface area is 171 Å². The summed E-state index contributed by atoms with van der Waals surface area (Å²) < 4.78 is 0. The van der Waals surface area contributed by atoms with Crippen molar-refractivity contribution in [1.82, 2.24) is 15.0 Å². The number of nitrogens with zero attached hydrogens (tertiary/aromatic N) is 4. The fourth-order valence-corrected chi connectivity index (χ4v) is 2.88. The fraction of sp³-hybridized carbons (Fsp3) is 0.0455.